The zero-order chi connectivity index (χ0) is 10.0. The number of hydrogen-bond donors (Lipinski definition) is 3. The van der Waals surface area contributed by atoms with Crippen LogP contribution < -0.4 is 5.73 Å². The normalized spacial score (nSPS) is 24.6. The molecule has 1 unspecified atom stereocenters. The van der Waals surface area contributed by atoms with E-state index < -0.39 is 7.12 Å². The number of rotatable bonds is 2. The third kappa shape index (κ3) is 2.40. The van der Waals surface area contributed by atoms with E-state index in [2.05, 4.69) is 0 Å². The average molecular weight is 202 g/mol. The molecule has 0 bridgehead atoms. The topological polar surface area (TPSA) is 69.7 Å². The van der Waals surface area contributed by atoms with Gasteiger partial charge in [-0.3, -0.25) is 0 Å². The van der Waals surface area contributed by atoms with Gasteiger partial charge in [-0.1, -0.05) is 12.2 Å². The Morgan fingerprint density at radius 1 is 1.69 bits per heavy atom. The molecule has 0 aromatic heterocycles. The smallest absolute Gasteiger partial charge is 0.426 e. The van der Waals surface area contributed by atoms with Crippen LogP contribution in [0.25, 0.3) is 0 Å². The second-order valence-electron chi connectivity index (χ2n) is 3.44. The van der Waals surface area contributed by atoms with Crippen molar-refractivity contribution in [1.82, 2.24) is 4.90 Å². The van der Waals surface area contributed by atoms with Crippen LogP contribution >= 0.6 is 12.2 Å². The van der Waals surface area contributed by atoms with Crippen LogP contribution in [0.15, 0.2) is 0 Å². The first-order chi connectivity index (χ1) is 6.04. The lowest BCUT2D eigenvalue weighted by molar-refractivity contribution is 0.334. The molecule has 0 saturated carbocycles. The van der Waals surface area contributed by atoms with E-state index in [0.29, 0.717) is 4.99 Å². The van der Waals surface area contributed by atoms with Crippen molar-refractivity contribution in [3.63, 3.8) is 0 Å². The molecular weight excluding hydrogens is 187 g/mol. The zero-order valence-corrected chi connectivity index (χ0v) is 8.50. The van der Waals surface area contributed by atoms with E-state index in [4.69, 9.17) is 28.0 Å². The van der Waals surface area contributed by atoms with Gasteiger partial charge in [0.15, 0.2) is 0 Å². The molecule has 13 heavy (non-hydrogen) atoms. The summed E-state index contributed by atoms with van der Waals surface area (Å²) in [5.41, 5.74) is 5.63. The maximum atomic E-state index is 9.07. The molecule has 6 heteroatoms. The fourth-order valence-corrected chi connectivity index (χ4v) is 1.86. The minimum absolute atomic E-state index is 0.200. The Balaban J connectivity index is 2.63. The highest BCUT2D eigenvalue weighted by Gasteiger charge is 2.35. The molecule has 0 spiro atoms. The Kier molecular flexibility index (Phi) is 3.67. The molecule has 4 nitrogen and oxygen atoms in total. The largest absolute Gasteiger partial charge is 0.475 e. The van der Waals surface area contributed by atoms with Crippen LogP contribution in [0.4, 0.5) is 0 Å². The summed E-state index contributed by atoms with van der Waals surface area (Å²) >= 11 is 5.11. The summed E-state index contributed by atoms with van der Waals surface area (Å²) in [6.07, 6.45) is 1.71. The molecule has 0 amide bonds. The van der Waals surface area contributed by atoms with Crippen LogP contribution in [0.2, 0.25) is 0 Å². The highest BCUT2D eigenvalue weighted by Crippen LogP contribution is 2.19. The lowest BCUT2D eigenvalue weighted by Gasteiger charge is -2.28. The predicted octanol–water partition coefficient (Wildman–Crippen LogP) is -0.863. The van der Waals surface area contributed by atoms with Crippen LogP contribution in [-0.2, 0) is 0 Å². The number of nitrogens with zero attached hydrogens (tertiary/aromatic N) is 1. The van der Waals surface area contributed by atoms with E-state index in [-0.39, 0.29) is 12.0 Å². The minimum atomic E-state index is -1.32. The Hall–Kier alpha value is -0.165. The van der Waals surface area contributed by atoms with Gasteiger partial charge in [0.05, 0.1) is 17.0 Å². The van der Waals surface area contributed by atoms with E-state index in [0.717, 1.165) is 19.4 Å². The van der Waals surface area contributed by atoms with Gasteiger partial charge in [0, 0.05) is 6.54 Å². The van der Waals surface area contributed by atoms with Crippen LogP contribution in [0.3, 0.4) is 0 Å². The van der Waals surface area contributed by atoms with Gasteiger partial charge in [-0.25, -0.2) is 0 Å². The summed E-state index contributed by atoms with van der Waals surface area (Å²) in [7, 11) is -1.32. The molecule has 0 aliphatic carbocycles. The van der Waals surface area contributed by atoms with Crippen LogP contribution in [0.5, 0.6) is 0 Å². The Bertz CT molecular complexity index is 201. The maximum absolute atomic E-state index is 9.07. The molecule has 74 valence electrons. The van der Waals surface area contributed by atoms with Gasteiger partial charge in [0.1, 0.15) is 0 Å². The molecule has 1 fully saturated rings. The molecule has 1 aliphatic heterocycles. The highest BCUT2D eigenvalue weighted by molar-refractivity contribution is 7.80. The standard InChI is InChI=1S/C7H15BN2O2S/c1-5(9)7(13)10-4-2-3-6(10)8(11)12/h5-6,11-12H,2-4,9H2,1H3/t5?,6-/m0/s1. The van der Waals surface area contributed by atoms with Gasteiger partial charge in [-0.05, 0) is 19.8 Å². The van der Waals surface area contributed by atoms with Gasteiger partial charge in [0.2, 0.25) is 0 Å². The summed E-state index contributed by atoms with van der Waals surface area (Å²) in [6, 6.07) is -0.200. The molecule has 1 rings (SSSR count). The molecule has 1 saturated heterocycles. The monoisotopic (exact) mass is 202 g/mol. The first-order valence-electron chi connectivity index (χ1n) is 4.46. The van der Waals surface area contributed by atoms with E-state index in [1.54, 1.807) is 0 Å². The lowest BCUT2D eigenvalue weighted by atomic mass is 9.78. The number of nitrogens with two attached hydrogens (primary N) is 1. The van der Waals surface area contributed by atoms with Gasteiger partial charge in [0.25, 0.3) is 0 Å². The third-order valence-corrected chi connectivity index (χ3v) is 2.92. The Labute approximate surface area is 83.9 Å². The van der Waals surface area contributed by atoms with Gasteiger partial charge < -0.3 is 20.7 Å². The second kappa shape index (κ2) is 4.37. The van der Waals surface area contributed by atoms with Crippen LogP contribution in [-0.4, -0.2) is 45.6 Å². The fraction of sp³-hybridized carbons (Fsp3) is 0.857. The average Bonchev–Trinajstić information content (AvgIpc) is 2.50. The van der Waals surface area contributed by atoms with Crippen molar-refractivity contribution in [2.45, 2.75) is 31.7 Å². The summed E-state index contributed by atoms with van der Waals surface area (Å²) in [5.74, 6) is -0.265. The van der Waals surface area contributed by atoms with Crippen LogP contribution in [0.1, 0.15) is 19.8 Å². The molecule has 0 aromatic carbocycles. The van der Waals surface area contributed by atoms with Gasteiger partial charge in [-0.2, -0.15) is 0 Å². The lowest BCUT2D eigenvalue weighted by Crippen LogP contribution is -2.49. The molecule has 1 heterocycles. The van der Waals surface area contributed by atoms with Crippen molar-refractivity contribution in [2.24, 2.45) is 5.73 Å². The first kappa shape index (κ1) is 10.9. The molecular formula is C7H15BN2O2S. The molecule has 2 atom stereocenters. The maximum Gasteiger partial charge on any atom is 0.475 e. The second-order valence-corrected chi connectivity index (χ2v) is 3.86. The third-order valence-electron chi connectivity index (χ3n) is 2.32. The summed E-state index contributed by atoms with van der Waals surface area (Å²) in [6.45, 7) is 2.59. The fourth-order valence-electron chi connectivity index (χ4n) is 1.64. The Morgan fingerprint density at radius 3 is 2.77 bits per heavy atom. The summed E-state index contributed by atoms with van der Waals surface area (Å²) in [5, 5.41) is 18.1. The van der Waals surface area contributed by atoms with E-state index in [1.807, 2.05) is 11.8 Å². The molecule has 1 aliphatic rings. The zero-order valence-electron chi connectivity index (χ0n) is 7.68. The van der Waals surface area contributed by atoms with E-state index in [1.165, 1.54) is 0 Å². The number of hydrogen-bond acceptors (Lipinski definition) is 4. The van der Waals surface area contributed by atoms with Gasteiger partial charge >= 0.3 is 7.12 Å². The van der Waals surface area contributed by atoms with Crippen molar-refractivity contribution in [3.8, 4) is 0 Å². The van der Waals surface area contributed by atoms with Gasteiger partial charge in [-0.15, -0.1) is 0 Å². The Morgan fingerprint density at radius 2 is 2.31 bits per heavy atom. The summed E-state index contributed by atoms with van der Waals surface area (Å²) in [4.78, 5) is 2.45. The highest BCUT2D eigenvalue weighted by atomic mass is 32.1. The first-order valence-corrected chi connectivity index (χ1v) is 4.87. The van der Waals surface area contributed by atoms with E-state index >= 15 is 0 Å². The number of thiocarbonyl (C=S) groups is 1. The molecule has 0 aromatic rings. The van der Waals surface area contributed by atoms with Crippen molar-refractivity contribution in [1.29, 1.82) is 0 Å². The molecule has 4 N–H and O–H groups in total. The summed E-state index contributed by atoms with van der Waals surface area (Å²) < 4.78 is 0. The van der Waals surface area contributed by atoms with Crippen molar-refractivity contribution >= 4 is 24.3 Å². The minimum Gasteiger partial charge on any atom is -0.426 e. The quantitative estimate of drug-likeness (QED) is 0.401. The van der Waals surface area contributed by atoms with E-state index in [9.17, 15) is 0 Å². The molecule has 0 radical (unpaired) electrons. The van der Waals surface area contributed by atoms with Crippen molar-refractivity contribution in [2.75, 3.05) is 6.54 Å². The SMILES string of the molecule is CC(N)C(=S)N1CCC[C@H]1B(O)O. The van der Waals surface area contributed by atoms with Crippen LogP contribution in [0, 0.1) is 0 Å². The predicted molar refractivity (Wildman–Crippen MR) is 56.2 cm³/mol. The van der Waals surface area contributed by atoms with Crippen molar-refractivity contribution in [3.05, 3.63) is 0 Å². The number of likely N-dealkylation sites (tertiary alicyclic amines) is 1. The van der Waals surface area contributed by atoms with Crippen molar-refractivity contribution < 1.29 is 10.0 Å².